The van der Waals surface area contributed by atoms with Crippen LogP contribution in [-0.4, -0.2) is 17.0 Å². The Morgan fingerprint density at radius 3 is 2.90 bits per heavy atom. The molecule has 0 spiro atoms. The van der Waals surface area contributed by atoms with Crippen LogP contribution in [0, 0.1) is 0 Å². The summed E-state index contributed by atoms with van der Waals surface area (Å²) in [6.45, 7) is 0.228. The van der Waals surface area contributed by atoms with Crippen LogP contribution >= 0.6 is 27.3 Å². The van der Waals surface area contributed by atoms with Crippen molar-refractivity contribution in [3.8, 4) is 0 Å². The second kappa shape index (κ2) is 4.11. The van der Waals surface area contributed by atoms with E-state index < -0.39 is 0 Å². The summed E-state index contributed by atoms with van der Waals surface area (Å²) in [7, 11) is 0. The van der Waals surface area contributed by atoms with Gasteiger partial charge < -0.3 is 5.11 Å². The average Bonchev–Trinajstić information content (AvgIpc) is 2.43. The molecule has 1 nitrogen and oxygen atoms in total. The van der Waals surface area contributed by atoms with Crippen molar-refractivity contribution in [1.82, 2.24) is 0 Å². The third kappa shape index (κ3) is 1.81. The highest BCUT2D eigenvalue weighted by atomic mass is 79.9. The van der Waals surface area contributed by atoms with E-state index >= 15 is 0 Å². The van der Waals surface area contributed by atoms with Crippen molar-refractivity contribution >= 4 is 27.3 Å². The number of halogens is 1. The summed E-state index contributed by atoms with van der Waals surface area (Å²) in [4.78, 5) is 1.25. The maximum absolute atomic E-state index is 8.87. The van der Waals surface area contributed by atoms with Gasteiger partial charge in [0.2, 0.25) is 0 Å². The molecule has 0 radical (unpaired) electrons. The number of aliphatic hydroxyl groups is 1. The van der Waals surface area contributed by atoms with E-state index in [1.54, 1.807) is 11.3 Å². The van der Waals surface area contributed by atoms with Crippen LogP contribution in [0.5, 0.6) is 0 Å². The molecule has 0 aliphatic rings. The smallest absolute Gasteiger partial charge is 0.0515 e. The zero-order valence-electron chi connectivity index (χ0n) is 5.46. The Hall–Kier alpha value is 0.140. The molecule has 10 heavy (non-hydrogen) atoms. The maximum atomic E-state index is 8.87. The number of alkyl halides is 1. The van der Waals surface area contributed by atoms with Crippen LogP contribution in [-0.2, 0) is 0 Å². The van der Waals surface area contributed by atoms with Gasteiger partial charge in [-0.3, -0.25) is 0 Å². The molecule has 0 aliphatic heterocycles. The minimum Gasteiger partial charge on any atom is -0.396 e. The molecule has 0 aromatic carbocycles. The second-order valence-electron chi connectivity index (χ2n) is 2.05. The number of aliphatic hydroxyl groups excluding tert-OH is 1. The minimum absolute atomic E-state index is 0.228. The second-order valence-corrected chi connectivity index (χ2v) is 3.68. The third-order valence-corrected chi connectivity index (χ3v) is 3.17. The lowest BCUT2D eigenvalue weighted by Crippen LogP contribution is -2.02. The first kappa shape index (κ1) is 8.24. The van der Waals surface area contributed by atoms with E-state index in [1.165, 1.54) is 4.88 Å². The predicted molar refractivity (Wildman–Crippen MR) is 47.9 cm³/mol. The maximum Gasteiger partial charge on any atom is 0.0515 e. The summed E-state index contributed by atoms with van der Waals surface area (Å²) >= 11 is 5.03. The zero-order valence-corrected chi connectivity index (χ0v) is 7.86. The van der Waals surface area contributed by atoms with Gasteiger partial charge in [0, 0.05) is 16.1 Å². The first-order valence-electron chi connectivity index (χ1n) is 3.08. The summed E-state index contributed by atoms with van der Waals surface area (Å²) in [5.74, 6) is 0.278. The molecule has 0 bridgehead atoms. The third-order valence-electron chi connectivity index (χ3n) is 1.35. The van der Waals surface area contributed by atoms with Crippen molar-refractivity contribution < 1.29 is 5.11 Å². The molecule has 0 saturated heterocycles. The van der Waals surface area contributed by atoms with Gasteiger partial charge >= 0.3 is 0 Å². The molecule has 1 unspecified atom stereocenters. The predicted octanol–water partition coefficient (Wildman–Crippen LogP) is 2.22. The molecule has 0 amide bonds. The molecule has 1 N–H and O–H groups in total. The Bertz CT molecular complexity index is 170. The Morgan fingerprint density at radius 2 is 2.50 bits per heavy atom. The molecule has 1 aromatic heterocycles. The molecule has 1 heterocycles. The van der Waals surface area contributed by atoms with Gasteiger partial charge in [0.05, 0.1) is 6.61 Å². The fourth-order valence-electron chi connectivity index (χ4n) is 0.738. The van der Waals surface area contributed by atoms with Gasteiger partial charge in [-0.25, -0.2) is 0 Å². The molecule has 1 atom stereocenters. The lowest BCUT2D eigenvalue weighted by Gasteiger charge is -2.05. The van der Waals surface area contributed by atoms with E-state index in [4.69, 9.17) is 5.11 Å². The number of hydrogen-bond donors (Lipinski definition) is 1. The van der Waals surface area contributed by atoms with Crippen LogP contribution < -0.4 is 0 Å². The largest absolute Gasteiger partial charge is 0.396 e. The van der Waals surface area contributed by atoms with E-state index in [9.17, 15) is 0 Å². The summed E-state index contributed by atoms with van der Waals surface area (Å²) < 4.78 is 0. The highest BCUT2D eigenvalue weighted by Crippen LogP contribution is 2.21. The van der Waals surface area contributed by atoms with Gasteiger partial charge in [-0.05, 0) is 11.4 Å². The van der Waals surface area contributed by atoms with E-state index in [0.717, 1.165) is 5.33 Å². The fourth-order valence-corrected chi connectivity index (χ4v) is 2.33. The quantitative estimate of drug-likeness (QED) is 0.776. The van der Waals surface area contributed by atoms with Crippen molar-refractivity contribution in [3.63, 3.8) is 0 Å². The van der Waals surface area contributed by atoms with E-state index in [2.05, 4.69) is 15.9 Å². The van der Waals surface area contributed by atoms with Gasteiger partial charge in [0.1, 0.15) is 0 Å². The zero-order chi connectivity index (χ0) is 7.40. The van der Waals surface area contributed by atoms with Crippen LogP contribution in [0.1, 0.15) is 10.8 Å². The standard InChI is InChI=1S/C7H9BrOS/c8-4-6(5-9)7-2-1-3-10-7/h1-3,6,9H,4-5H2. The Morgan fingerprint density at radius 1 is 1.70 bits per heavy atom. The summed E-state index contributed by atoms with van der Waals surface area (Å²) in [5, 5.41) is 11.7. The molecular formula is C7H9BrOS. The molecule has 3 heteroatoms. The molecule has 0 fully saturated rings. The van der Waals surface area contributed by atoms with Crippen molar-refractivity contribution in [2.45, 2.75) is 5.92 Å². The van der Waals surface area contributed by atoms with E-state index in [1.807, 2.05) is 17.5 Å². The van der Waals surface area contributed by atoms with E-state index in [-0.39, 0.29) is 12.5 Å². The lowest BCUT2D eigenvalue weighted by atomic mass is 10.1. The first-order chi connectivity index (χ1) is 4.88. The summed E-state index contributed by atoms with van der Waals surface area (Å²) in [6, 6.07) is 4.05. The monoisotopic (exact) mass is 220 g/mol. The highest BCUT2D eigenvalue weighted by Gasteiger charge is 2.08. The van der Waals surface area contributed by atoms with Gasteiger partial charge in [-0.2, -0.15) is 0 Å². The lowest BCUT2D eigenvalue weighted by molar-refractivity contribution is 0.277. The van der Waals surface area contributed by atoms with Crippen LogP contribution in [0.2, 0.25) is 0 Å². The van der Waals surface area contributed by atoms with Crippen LogP contribution in [0.4, 0.5) is 0 Å². The number of thiophene rings is 1. The molecule has 1 aromatic rings. The Balaban J connectivity index is 2.64. The Labute approximate surface area is 72.8 Å². The molecule has 56 valence electrons. The van der Waals surface area contributed by atoms with Crippen LogP contribution in [0.15, 0.2) is 17.5 Å². The molecule has 1 rings (SSSR count). The summed E-state index contributed by atoms with van der Waals surface area (Å²) in [6.07, 6.45) is 0. The Kier molecular flexibility index (Phi) is 3.39. The average molecular weight is 221 g/mol. The van der Waals surface area contributed by atoms with Crippen molar-refractivity contribution in [1.29, 1.82) is 0 Å². The number of rotatable bonds is 3. The van der Waals surface area contributed by atoms with Crippen LogP contribution in [0.3, 0.4) is 0 Å². The SMILES string of the molecule is OCC(CBr)c1cccs1. The fraction of sp³-hybridized carbons (Fsp3) is 0.429. The topological polar surface area (TPSA) is 20.2 Å². The van der Waals surface area contributed by atoms with E-state index in [0.29, 0.717) is 0 Å². The van der Waals surface area contributed by atoms with Crippen molar-refractivity contribution in [3.05, 3.63) is 22.4 Å². The van der Waals surface area contributed by atoms with Crippen LogP contribution in [0.25, 0.3) is 0 Å². The molecular weight excluding hydrogens is 212 g/mol. The van der Waals surface area contributed by atoms with Gasteiger partial charge in [0.25, 0.3) is 0 Å². The molecule has 0 aliphatic carbocycles. The number of hydrogen-bond acceptors (Lipinski definition) is 2. The first-order valence-corrected chi connectivity index (χ1v) is 5.08. The van der Waals surface area contributed by atoms with Gasteiger partial charge in [0.15, 0.2) is 0 Å². The highest BCUT2D eigenvalue weighted by molar-refractivity contribution is 9.09. The van der Waals surface area contributed by atoms with Crippen molar-refractivity contribution in [2.75, 3.05) is 11.9 Å². The van der Waals surface area contributed by atoms with Gasteiger partial charge in [-0.1, -0.05) is 22.0 Å². The molecule has 0 saturated carbocycles. The van der Waals surface area contributed by atoms with Gasteiger partial charge in [-0.15, -0.1) is 11.3 Å². The van der Waals surface area contributed by atoms with Crippen molar-refractivity contribution in [2.24, 2.45) is 0 Å². The minimum atomic E-state index is 0.228. The normalized spacial score (nSPS) is 13.4. The summed E-state index contributed by atoms with van der Waals surface area (Å²) in [5.41, 5.74) is 0.